The van der Waals surface area contributed by atoms with Crippen molar-refractivity contribution in [1.82, 2.24) is 15.5 Å². The maximum atomic E-state index is 12.6. The first-order valence-corrected chi connectivity index (χ1v) is 9.80. The van der Waals surface area contributed by atoms with Crippen LogP contribution in [0.15, 0.2) is 24.3 Å². The first-order chi connectivity index (χ1) is 12.3. The van der Waals surface area contributed by atoms with Gasteiger partial charge in [0.15, 0.2) is 4.84 Å². The monoisotopic (exact) mass is 414 g/mol. The van der Waals surface area contributed by atoms with Crippen LogP contribution in [0.5, 0.6) is 0 Å². The summed E-state index contributed by atoms with van der Waals surface area (Å²) in [5.74, 6) is -1.09. The van der Waals surface area contributed by atoms with Crippen molar-refractivity contribution in [2.24, 2.45) is 5.92 Å². The molecule has 140 valence electrons. The molecule has 0 aliphatic carbocycles. The van der Waals surface area contributed by atoms with E-state index in [0.29, 0.717) is 16.6 Å². The van der Waals surface area contributed by atoms with Gasteiger partial charge in [-0.05, 0) is 18.9 Å². The number of rotatable bonds is 7. The summed E-state index contributed by atoms with van der Waals surface area (Å²) in [6.07, 6.45) is 0.693. The molecule has 1 aromatic heterocycles. The molecule has 0 radical (unpaired) electrons. The van der Waals surface area contributed by atoms with Crippen LogP contribution in [-0.4, -0.2) is 32.9 Å². The molecular weight excluding hydrogens is 395 g/mol. The van der Waals surface area contributed by atoms with Crippen molar-refractivity contribution in [3.8, 4) is 10.6 Å². The molecule has 2 atom stereocenters. The number of carbonyl (C=O) groups is 2. The van der Waals surface area contributed by atoms with E-state index in [-0.39, 0.29) is 11.8 Å². The second-order valence-electron chi connectivity index (χ2n) is 5.94. The van der Waals surface area contributed by atoms with Gasteiger partial charge in [0.1, 0.15) is 11.0 Å². The van der Waals surface area contributed by atoms with E-state index in [2.05, 4.69) is 20.8 Å². The average molecular weight is 415 g/mol. The number of amides is 2. The lowest BCUT2D eigenvalue weighted by Crippen LogP contribution is -2.49. The van der Waals surface area contributed by atoms with Gasteiger partial charge in [0.25, 0.3) is 5.91 Å². The highest BCUT2D eigenvalue weighted by Crippen LogP contribution is 2.27. The summed E-state index contributed by atoms with van der Waals surface area (Å²) >= 11 is 12.4. The Bertz CT molecular complexity index is 782. The van der Waals surface area contributed by atoms with Crippen LogP contribution in [0.2, 0.25) is 0 Å². The highest BCUT2D eigenvalue weighted by Gasteiger charge is 2.28. The number of carbonyl (C=O) groups excluding carboxylic acids is 2. The quantitative estimate of drug-likeness (QED) is 0.674. The minimum absolute atomic E-state index is 0.102. The third-order valence-corrected chi connectivity index (χ3v) is 5.20. The number of halogens is 2. The Morgan fingerprint density at radius 3 is 2.58 bits per heavy atom. The number of anilines is 1. The van der Waals surface area contributed by atoms with Crippen LogP contribution in [0.4, 0.5) is 5.13 Å². The van der Waals surface area contributed by atoms with Crippen LogP contribution in [0.1, 0.15) is 25.8 Å². The molecule has 1 aromatic carbocycles. The molecular formula is C17H20Cl2N4O2S. The largest absolute Gasteiger partial charge is 0.342 e. The lowest BCUT2D eigenvalue weighted by atomic mass is 9.98. The van der Waals surface area contributed by atoms with Crippen LogP contribution in [0.25, 0.3) is 10.6 Å². The van der Waals surface area contributed by atoms with Crippen molar-refractivity contribution in [3.05, 3.63) is 29.8 Å². The zero-order valence-corrected chi connectivity index (χ0v) is 17.0. The Labute approximate surface area is 166 Å². The second kappa shape index (κ2) is 9.30. The Balaban J connectivity index is 2.12. The lowest BCUT2D eigenvalue weighted by Gasteiger charge is -2.23. The van der Waals surface area contributed by atoms with E-state index < -0.39 is 16.8 Å². The van der Waals surface area contributed by atoms with Gasteiger partial charge in [0, 0.05) is 5.56 Å². The molecule has 9 heteroatoms. The number of alkyl halides is 2. The number of benzene rings is 1. The molecule has 1 heterocycles. The smallest absolute Gasteiger partial charge is 0.253 e. The Hall–Kier alpha value is -1.70. The van der Waals surface area contributed by atoms with Crippen molar-refractivity contribution < 1.29 is 9.59 Å². The van der Waals surface area contributed by atoms with Crippen LogP contribution in [0, 0.1) is 12.8 Å². The van der Waals surface area contributed by atoms with E-state index in [1.807, 2.05) is 45.0 Å². The van der Waals surface area contributed by atoms with Crippen LogP contribution >= 0.6 is 34.5 Å². The van der Waals surface area contributed by atoms with Crippen LogP contribution < -0.4 is 10.6 Å². The molecule has 2 aromatic rings. The van der Waals surface area contributed by atoms with E-state index in [0.717, 1.165) is 11.1 Å². The van der Waals surface area contributed by atoms with Crippen LogP contribution in [-0.2, 0) is 9.59 Å². The maximum Gasteiger partial charge on any atom is 0.253 e. The van der Waals surface area contributed by atoms with Crippen molar-refractivity contribution in [2.45, 2.75) is 38.1 Å². The minimum atomic E-state index is -1.23. The third-order valence-electron chi connectivity index (χ3n) is 3.91. The minimum Gasteiger partial charge on any atom is -0.342 e. The lowest BCUT2D eigenvalue weighted by molar-refractivity contribution is -0.126. The summed E-state index contributed by atoms with van der Waals surface area (Å²) in [6.45, 7) is 5.78. The molecule has 2 rings (SSSR count). The molecule has 2 unspecified atom stereocenters. The number of aromatic nitrogens is 2. The molecule has 0 spiro atoms. The first-order valence-electron chi connectivity index (χ1n) is 8.11. The molecule has 0 fully saturated rings. The van der Waals surface area contributed by atoms with Crippen molar-refractivity contribution in [3.63, 3.8) is 0 Å². The fourth-order valence-electron chi connectivity index (χ4n) is 2.27. The van der Waals surface area contributed by atoms with E-state index in [9.17, 15) is 9.59 Å². The van der Waals surface area contributed by atoms with Gasteiger partial charge >= 0.3 is 0 Å². The standard InChI is InChI=1S/C17H20Cl2N4O2S/c1-4-10(3)12(20-15(25)13(18)19)14(24)21-17-23-22-16(26-17)11-7-5-6-9(2)8-11/h5-8,10,12-13H,4H2,1-3H3,(H,20,25)(H,21,23,24). The van der Waals surface area contributed by atoms with Crippen LogP contribution in [0.3, 0.4) is 0 Å². The molecule has 6 nitrogen and oxygen atoms in total. The van der Waals surface area contributed by atoms with Gasteiger partial charge in [-0.25, -0.2) is 0 Å². The third kappa shape index (κ3) is 5.40. The van der Waals surface area contributed by atoms with Gasteiger partial charge in [-0.3, -0.25) is 14.9 Å². The van der Waals surface area contributed by atoms with Gasteiger partial charge < -0.3 is 5.32 Å². The van der Waals surface area contributed by atoms with E-state index in [1.165, 1.54) is 11.3 Å². The number of hydrogen-bond acceptors (Lipinski definition) is 5. The zero-order valence-electron chi connectivity index (χ0n) is 14.6. The Kier molecular flexibility index (Phi) is 7.37. The topological polar surface area (TPSA) is 84.0 Å². The fraction of sp³-hybridized carbons (Fsp3) is 0.412. The summed E-state index contributed by atoms with van der Waals surface area (Å²) in [4.78, 5) is 23.1. The van der Waals surface area contributed by atoms with Gasteiger partial charge in [0.05, 0.1) is 0 Å². The van der Waals surface area contributed by atoms with Crippen molar-refractivity contribution >= 4 is 51.5 Å². The highest BCUT2D eigenvalue weighted by atomic mass is 35.5. The Morgan fingerprint density at radius 2 is 1.96 bits per heavy atom. The molecule has 0 bridgehead atoms. The van der Waals surface area contributed by atoms with Gasteiger partial charge in [-0.1, -0.05) is 78.6 Å². The molecule has 26 heavy (non-hydrogen) atoms. The molecule has 2 N–H and O–H groups in total. The first kappa shape index (κ1) is 20.6. The molecule has 0 saturated heterocycles. The molecule has 0 saturated carbocycles. The number of nitrogens with zero attached hydrogens (tertiary/aromatic N) is 2. The van der Waals surface area contributed by atoms with Gasteiger partial charge in [0.2, 0.25) is 11.0 Å². The van der Waals surface area contributed by atoms with Gasteiger partial charge in [-0.15, -0.1) is 10.2 Å². The number of nitrogens with one attached hydrogen (secondary N) is 2. The number of hydrogen-bond donors (Lipinski definition) is 2. The van der Waals surface area contributed by atoms with E-state index in [4.69, 9.17) is 23.2 Å². The summed E-state index contributed by atoms with van der Waals surface area (Å²) in [5.41, 5.74) is 2.04. The number of aryl methyl sites for hydroxylation is 1. The van der Waals surface area contributed by atoms with E-state index in [1.54, 1.807) is 0 Å². The predicted octanol–water partition coefficient (Wildman–Crippen LogP) is 3.79. The summed E-state index contributed by atoms with van der Waals surface area (Å²) < 4.78 is 0. The average Bonchev–Trinajstić information content (AvgIpc) is 3.07. The van der Waals surface area contributed by atoms with Gasteiger partial charge in [-0.2, -0.15) is 0 Å². The molecule has 0 aliphatic rings. The van der Waals surface area contributed by atoms with Crippen molar-refractivity contribution in [1.29, 1.82) is 0 Å². The summed E-state index contributed by atoms with van der Waals surface area (Å²) in [7, 11) is 0. The zero-order chi connectivity index (χ0) is 19.3. The van der Waals surface area contributed by atoms with E-state index >= 15 is 0 Å². The molecule has 2 amide bonds. The Morgan fingerprint density at radius 1 is 1.23 bits per heavy atom. The SMILES string of the molecule is CCC(C)C(NC(=O)C(Cl)Cl)C(=O)Nc1nnc(-c2cccc(C)c2)s1. The summed E-state index contributed by atoms with van der Waals surface area (Å²) in [5, 5.41) is 14.5. The molecule has 0 aliphatic heterocycles. The summed E-state index contributed by atoms with van der Waals surface area (Å²) in [6, 6.07) is 7.10. The second-order valence-corrected chi connectivity index (χ2v) is 8.02. The fourth-order valence-corrected chi connectivity index (χ4v) is 3.14. The van der Waals surface area contributed by atoms with Crippen molar-refractivity contribution in [2.75, 3.05) is 5.32 Å². The highest BCUT2D eigenvalue weighted by molar-refractivity contribution is 7.18. The normalized spacial score (nSPS) is 13.3. The maximum absolute atomic E-state index is 12.6. The predicted molar refractivity (Wildman–Crippen MR) is 106 cm³/mol.